The van der Waals surface area contributed by atoms with Gasteiger partial charge in [-0.05, 0) is 13.0 Å². The highest BCUT2D eigenvalue weighted by Gasteiger charge is 2.44. The first-order valence-electron chi connectivity index (χ1n) is 10.7. The Balaban J connectivity index is 1.67. The van der Waals surface area contributed by atoms with Crippen LogP contribution in [-0.4, -0.2) is 85.0 Å². The lowest BCUT2D eigenvalue weighted by molar-refractivity contribution is 0.143. The van der Waals surface area contributed by atoms with Crippen LogP contribution in [0.15, 0.2) is 17.1 Å². The normalized spacial score (nSPS) is 19.0. The van der Waals surface area contributed by atoms with Crippen molar-refractivity contribution in [3.8, 4) is 11.5 Å². The summed E-state index contributed by atoms with van der Waals surface area (Å²) in [4.78, 5) is 64.9. The number of anilines is 1. The fourth-order valence-electron chi connectivity index (χ4n) is 4.44. The molecule has 0 spiro atoms. The van der Waals surface area contributed by atoms with E-state index in [1.165, 1.54) is 12.3 Å². The van der Waals surface area contributed by atoms with E-state index in [4.69, 9.17) is 21.4 Å². The van der Waals surface area contributed by atoms with Crippen LogP contribution in [0.1, 0.15) is 13.0 Å². The molecule has 5 N–H and O–H groups in total. The summed E-state index contributed by atoms with van der Waals surface area (Å²) < 4.78 is 35.6. The zero-order valence-corrected chi connectivity index (χ0v) is 21.4. The van der Waals surface area contributed by atoms with Gasteiger partial charge in [0.05, 0.1) is 28.2 Å². The minimum Gasteiger partial charge on any atom is -0.487 e. The van der Waals surface area contributed by atoms with Gasteiger partial charge in [0.15, 0.2) is 16.9 Å². The Labute approximate surface area is 208 Å². The molecule has 1 fully saturated rings. The molecule has 1 aromatic heterocycles. The van der Waals surface area contributed by atoms with E-state index >= 15 is 0 Å². The number of nitrogens with zero attached hydrogens (tertiary/aromatic N) is 3. The van der Waals surface area contributed by atoms with E-state index in [1.54, 1.807) is 9.47 Å². The molecule has 14 nitrogen and oxygen atoms in total. The number of carbonyl (C=O) groups is 1. The zero-order chi connectivity index (χ0) is 26.6. The standard InChI is InChI=1S/C19H24ClN3O11P2/c1-10-9-33-18-15-11(17(24)13(7-23(10)15)34-19(25)26)6-12(20)16(18)22-4-2-21(3-5-22)8-14(35(27,28)29)36(30,31)32/h6-7,10,14H,2-5,8-9H2,1H3,(H,25,26)(H2,27,28,29)(H2,30,31,32). The molecule has 1 atom stereocenters. The molecule has 4 rings (SSSR count). The van der Waals surface area contributed by atoms with Crippen LogP contribution in [0, 0.1) is 0 Å². The summed E-state index contributed by atoms with van der Waals surface area (Å²) in [6.45, 7) is 2.56. The first kappa shape index (κ1) is 26.9. The van der Waals surface area contributed by atoms with Crippen molar-refractivity contribution in [1.82, 2.24) is 9.47 Å². The SMILES string of the molecule is CC1COc2c(N3CCN(CC(P(=O)(O)O)P(=O)(O)O)CC3)c(Cl)cc3c(=O)c(OC(=O)O)cn1c23. The predicted octanol–water partition coefficient (Wildman–Crippen LogP) is 1.47. The lowest BCUT2D eigenvalue weighted by Gasteiger charge is -2.39. The van der Waals surface area contributed by atoms with Crippen molar-refractivity contribution < 1.29 is 48.1 Å². The molecule has 36 heavy (non-hydrogen) atoms. The average Bonchev–Trinajstić information content (AvgIpc) is 2.75. The first-order chi connectivity index (χ1) is 16.7. The number of hydrogen-bond donors (Lipinski definition) is 5. The Hall–Kier alpha value is -2.15. The van der Waals surface area contributed by atoms with Crippen molar-refractivity contribution >= 4 is 49.5 Å². The van der Waals surface area contributed by atoms with Gasteiger partial charge in [-0.15, -0.1) is 0 Å². The van der Waals surface area contributed by atoms with Gasteiger partial charge in [-0.2, -0.15) is 0 Å². The van der Waals surface area contributed by atoms with Gasteiger partial charge in [0.2, 0.25) is 5.43 Å². The van der Waals surface area contributed by atoms with Crippen molar-refractivity contribution in [2.45, 2.75) is 18.4 Å². The fraction of sp³-hybridized carbons (Fsp3) is 0.474. The number of halogens is 1. The van der Waals surface area contributed by atoms with Crippen LogP contribution in [0.2, 0.25) is 5.02 Å². The third-order valence-corrected chi connectivity index (χ3v) is 10.2. The number of rotatable bonds is 6. The highest BCUT2D eigenvalue weighted by Crippen LogP contribution is 2.60. The van der Waals surface area contributed by atoms with Crippen LogP contribution in [0.5, 0.6) is 11.5 Å². The minimum absolute atomic E-state index is 0.119. The Bertz CT molecular complexity index is 1340. The first-order valence-corrected chi connectivity index (χ1v) is 14.4. The molecule has 0 radical (unpaired) electrons. The summed E-state index contributed by atoms with van der Waals surface area (Å²) in [7, 11) is -10.1. The van der Waals surface area contributed by atoms with Crippen LogP contribution in [-0.2, 0) is 9.13 Å². The molecule has 0 amide bonds. The molecule has 0 bridgehead atoms. The maximum atomic E-state index is 12.9. The molecule has 2 aliphatic rings. The quantitative estimate of drug-likeness (QED) is 0.248. The van der Waals surface area contributed by atoms with Crippen LogP contribution < -0.4 is 19.8 Å². The topological polar surface area (TPSA) is 199 Å². The number of ether oxygens (including phenoxy) is 2. The van der Waals surface area contributed by atoms with E-state index < -0.39 is 38.7 Å². The third-order valence-electron chi connectivity index (χ3n) is 6.19. The van der Waals surface area contributed by atoms with Crippen molar-refractivity contribution in [2.75, 3.05) is 44.2 Å². The van der Waals surface area contributed by atoms with E-state index in [0.717, 1.165) is 0 Å². The van der Waals surface area contributed by atoms with E-state index in [-0.39, 0.29) is 55.0 Å². The smallest absolute Gasteiger partial charge is 0.487 e. The highest BCUT2D eigenvalue weighted by atomic mass is 35.5. The van der Waals surface area contributed by atoms with Crippen LogP contribution >= 0.6 is 26.8 Å². The number of pyridine rings is 1. The monoisotopic (exact) mass is 567 g/mol. The molecule has 1 unspecified atom stereocenters. The van der Waals surface area contributed by atoms with Crippen molar-refractivity contribution in [1.29, 1.82) is 0 Å². The molecule has 198 valence electrons. The number of aromatic nitrogens is 1. The summed E-state index contributed by atoms with van der Waals surface area (Å²) in [6.07, 6.45) is -0.311. The second-order valence-corrected chi connectivity index (χ2v) is 13.1. The van der Waals surface area contributed by atoms with Gasteiger partial charge in [-0.1, -0.05) is 11.6 Å². The van der Waals surface area contributed by atoms with Gasteiger partial charge >= 0.3 is 21.3 Å². The van der Waals surface area contributed by atoms with E-state index in [2.05, 4.69) is 4.74 Å². The molecular formula is C19H24ClN3O11P2. The lowest BCUT2D eigenvalue weighted by atomic mass is 10.1. The van der Waals surface area contributed by atoms with Crippen LogP contribution in [0.4, 0.5) is 10.5 Å². The van der Waals surface area contributed by atoms with Gasteiger partial charge < -0.3 is 43.6 Å². The summed E-state index contributed by atoms with van der Waals surface area (Å²) in [6, 6.07) is 1.16. The largest absolute Gasteiger partial charge is 0.511 e. The fourth-order valence-corrected chi connectivity index (χ4v) is 7.21. The average molecular weight is 568 g/mol. The molecule has 2 aromatic rings. The number of hydrogen-bond acceptors (Lipinski definition) is 8. The Morgan fingerprint density at radius 3 is 2.36 bits per heavy atom. The number of piperazine rings is 1. The summed E-state index contributed by atoms with van der Waals surface area (Å²) in [5.41, 5.74) is 0.237. The summed E-state index contributed by atoms with van der Waals surface area (Å²) in [5.74, 6) is -0.0388. The van der Waals surface area contributed by atoms with Gasteiger partial charge in [-0.25, -0.2) is 4.79 Å². The lowest BCUT2D eigenvalue weighted by Crippen LogP contribution is -2.48. The van der Waals surface area contributed by atoms with Crippen molar-refractivity contribution in [3.63, 3.8) is 0 Å². The predicted molar refractivity (Wildman–Crippen MR) is 129 cm³/mol. The molecule has 3 heterocycles. The molecular weight excluding hydrogens is 544 g/mol. The van der Waals surface area contributed by atoms with Crippen LogP contribution in [0.3, 0.4) is 0 Å². The van der Waals surface area contributed by atoms with E-state index in [0.29, 0.717) is 17.0 Å². The maximum Gasteiger partial charge on any atom is 0.511 e. The Morgan fingerprint density at radius 2 is 1.81 bits per heavy atom. The number of benzene rings is 1. The second kappa shape index (κ2) is 9.62. The minimum atomic E-state index is -5.05. The van der Waals surface area contributed by atoms with Crippen molar-refractivity contribution in [2.24, 2.45) is 0 Å². The van der Waals surface area contributed by atoms with Crippen LogP contribution in [0.25, 0.3) is 10.9 Å². The van der Waals surface area contributed by atoms with Gasteiger partial charge in [-0.3, -0.25) is 18.8 Å². The van der Waals surface area contributed by atoms with Gasteiger partial charge in [0.25, 0.3) is 0 Å². The number of carboxylic acid groups (broad SMARTS) is 1. The molecule has 0 saturated carbocycles. The maximum absolute atomic E-state index is 12.9. The summed E-state index contributed by atoms with van der Waals surface area (Å²) >= 11 is 6.56. The third kappa shape index (κ3) is 5.13. The van der Waals surface area contributed by atoms with Gasteiger partial charge in [0.1, 0.15) is 12.3 Å². The van der Waals surface area contributed by atoms with Crippen molar-refractivity contribution in [3.05, 3.63) is 27.5 Å². The molecule has 1 saturated heterocycles. The van der Waals surface area contributed by atoms with E-state index in [1.807, 2.05) is 11.8 Å². The molecule has 17 heteroatoms. The van der Waals surface area contributed by atoms with E-state index in [9.17, 15) is 38.3 Å². The van der Waals surface area contributed by atoms with Gasteiger partial charge in [0, 0.05) is 32.7 Å². The Kier molecular flexibility index (Phi) is 7.19. The zero-order valence-electron chi connectivity index (χ0n) is 18.9. The molecule has 2 aliphatic heterocycles. The Morgan fingerprint density at radius 1 is 1.19 bits per heavy atom. The molecule has 0 aliphatic carbocycles. The summed E-state index contributed by atoms with van der Waals surface area (Å²) in [5, 5.41) is 7.14. The molecule has 1 aromatic carbocycles. The highest BCUT2D eigenvalue weighted by molar-refractivity contribution is 7.70. The second-order valence-electron chi connectivity index (χ2n) is 8.64.